The van der Waals surface area contributed by atoms with Crippen LogP contribution < -0.4 is 4.74 Å². The molecule has 0 radical (unpaired) electrons. The Hall–Kier alpha value is -2.24. The highest BCUT2D eigenvalue weighted by Gasteiger charge is 2.04. The third-order valence-electron chi connectivity index (χ3n) is 3.33. The van der Waals surface area contributed by atoms with Crippen LogP contribution in [-0.2, 0) is 0 Å². The number of allylic oxidation sites excluding steroid dienone is 1. The molecular formula is C22H28O. The molecule has 0 atom stereocenters. The summed E-state index contributed by atoms with van der Waals surface area (Å²) in [6.45, 7) is 10.3. The lowest BCUT2D eigenvalue weighted by Gasteiger charge is -2.11. The summed E-state index contributed by atoms with van der Waals surface area (Å²) in [5, 5.41) is 0. The second-order valence-corrected chi connectivity index (χ2v) is 5.59. The minimum atomic E-state index is 0.803. The Balaban J connectivity index is 0.000000463. The molecule has 2 aromatic rings. The van der Waals surface area contributed by atoms with Crippen LogP contribution in [0, 0.1) is 0 Å². The third kappa shape index (κ3) is 7.54. The molecule has 23 heavy (non-hydrogen) atoms. The van der Waals surface area contributed by atoms with Crippen molar-refractivity contribution in [3.05, 3.63) is 72.5 Å². The van der Waals surface area contributed by atoms with E-state index in [9.17, 15) is 0 Å². The second kappa shape index (κ2) is 11.3. The number of rotatable bonds is 6. The zero-order chi connectivity index (χ0) is 16.9. The van der Waals surface area contributed by atoms with E-state index in [4.69, 9.17) is 4.74 Å². The van der Waals surface area contributed by atoms with Crippen LogP contribution in [0.1, 0.15) is 40.0 Å². The van der Waals surface area contributed by atoms with Crippen LogP contribution in [0.2, 0.25) is 0 Å². The van der Waals surface area contributed by atoms with Gasteiger partial charge in [-0.3, -0.25) is 0 Å². The lowest BCUT2D eigenvalue weighted by molar-refractivity contribution is 0.307. The molecular weight excluding hydrogens is 280 g/mol. The molecule has 0 spiro atoms. The summed E-state index contributed by atoms with van der Waals surface area (Å²) in [6, 6.07) is 18.6. The lowest BCUT2D eigenvalue weighted by Crippen LogP contribution is -1.98. The van der Waals surface area contributed by atoms with Crippen LogP contribution in [0.3, 0.4) is 0 Å². The van der Waals surface area contributed by atoms with Gasteiger partial charge in [0.05, 0.1) is 6.61 Å². The Morgan fingerprint density at radius 2 is 1.57 bits per heavy atom. The minimum Gasteiger partial charge on any atom is -0.493 e. The maximum atomic E-state index is 5.89. The molecule has 1 nitrogen and oxygen atoms in total. The van der Waals surface area contributed by atoms with Crippen LogP contribution in [0.25, 0.3) is 11.1 Å². The molecule has 0 heterocycles. The molecule has 0 fully saturated rings. The molecule has 0 bridgehead atoms. The first-order valence-electron chi connectivity index (χ1n) is 8.29. The number of hydrogen-bond acceptors (Lipinski definition) is 1. The minimum absolute atomic E-state index is 0.803. The SMILES string of the molecule is C=C=C(C)C.CCCCCOc1ccccc1-c1ccccc1. The molecule has 1 heteroatoms. The summed E-state index contributed by atoms with van der Waals surface area (Å²) in [6.07, 6.45) is 3.58. The predicted octanol–water partition coefficient (Wildman–Crippen LogP) is 6.66. The number of hydrogen-bond donors (Lipinski definition) is 0. The summed E-state index contributed by atoms with van der Waals surface area (Å²) in [7, 11) is 0. The number of ether oxygens (including phenoxy) is 1. The maximum absolute atomic E-state index is 5.89. The summed E-state index contributed by atoms with van der Waals surface area (Å²) in [5.74, 6) is 0.986. The van der Waals surface area contributed by atoms with Gasteiger partial charge < -0.3 is 4.74 Å². The fraction of sp³-hybridized carbons (Fsp3) is 0.318. The highest BCUT2D eigenvalue weighted by atomic mass is 16.5. The van der Waals surface area contributed by atoms with Crippen molar-refractivity contribution < 1.29 is 4.74 Å². The van der Waals surface area contributed by atoms with Crippen molar-refractivity contribution in [3.8, 4) is 16.9 Å². The quantitative estimate of drug-likeness (QED) is 0.428. The van der Waals surface area contributed by atoms with Crippen molar-refractivity contribution in [1.29, 1.82) is 0 Å². The van der Waals surface area contributed by atoms with Crippen LogP contribution in [-0.4, -0.2) is 6.61 Å². The number of benzene rings is 2. The normalized spacial score (nSPS) is 9.35. The fourth-order valence-corrected chi connectivity index (χ4v) is 1.98. The van der Waals surface area contributed by atoms with Crippen molar-refractivity contribution in [2.45, 2.75) is 40.0 Å². The Bertz CT molecular complexity index is 603. The second-order valence-electron chi connectivity index (χ2n) is 5.59. The van der Waals surface area contributed by atoms with Crippen LogP contribution in [0.15, 0.2) is 72.5 Å². The van der Waals surface area contributed by atoms with E-state index in [1.807, 2.05) is 32.0 Å². The zero-order valence-corrected chi connectivity index (χ0v) is 14.6. The average Bonchev–Trinajstić information content (AvgIpc) is 2.60. The van der Waals surface area contributed by atoms with Crippen molar-refractivity contribution in [1.82, 2.24) is 0 Å². The van der Waals surface area contributed by atoms with E-state index in [-0.39, 0.29) is 0 Å². The number of unbranched alkanes of at least 4 members (excludes halogenated alkanes) is 2. The van der Waals surface area contributed by atoms with Gasteiger partial charge in [-0.25, -0.2) is 0 Å². The zero-order valence-electron chi connectivity index (χ0n) is 14.6. The maximum Gasteiger partial charge on any atom is 0.127 e. The van der Waals surface area contributed by atoms with Crippen LogP contribution in [0.4, 0.5) is 0 Å². The Kier molecular flexibility index (Phi) is 9.28. The van der Waals surface area contributed by atoms with Gasteiger partial charge in [0.15, 0.2) is 0 Å². The molecule has 0 aliphatic heterocycles. The molecule has 2 rings (SSSR count). The van der Waals surface area contributed by atoms with E-state index < -0.39 is 0 Å². The molecule has 2 aromatic carbocycles. The van der Waals surface area contributed by atoms with Gasteiger partial charge in [0.2, 0.25) is 0 Å². The average molecular weight is 308 g/mol. The van der Waals surface area contributed by atoms with Gasteiger partial charge in [-0.2, -0.15) is 0 Å². The Morgan fingerprint density at radius 1 is 0.957 bits per heavy atom. The van der Waals surface area contributed by atoms with E-state index in [0.717, 1.165) is 24.4 Å². The first kappa shape index (κ1) is 18.8. The molecule has 0 aliphatic carbocycles. The lowest BCUT2D eigenvalue weighted by atomic mass is 10.1. The molecule has 0 saturated carbocycles. The Labute approximate surface area is 141 Å². The molecule has 0 unspecified atom stereocenters. The molecule has 122 valence electrons. The molecule has 0 aliphatic rings. The van der Waals surface area contributed by atoms with Gasteiger partial charge >= 0.3 is 0 Å². The van der Waals surface area contributed by atoms with Gasteiger partial charge in [-0.15, -0.1) is 5.73 Å². The highest BCUT2D eigenvalue weighted by Crippen LogP contribution is 2.29. The van der Waals surface area contributed by atoms with Gasteiger partial charge in [-0.1, -0.05) is 74.9 Å². The monoisotopic (exact) mass is 308 g/mol. The van der Waals surface area contributed by atoms with Gasteiger partial charge in [-0.05, 0) is 37.5 Å². The van der Waals surface area contributed by atoms with E-state index in [1.54, 1.807) is 0 Å². The largest absolute Gasteiger partial charge is 0.493 e. The van der Waals surface area contributed by atoms with Crippen molar-refractivity contribution in [2.24, 2.45) is 0 Å². The van der Waals surface area contributed by atoms with E-state index >= 15 is 0 Å². The highest BCUT2D eigenvalue weighted by molar-refractivity contribution is 5.70. The van der Waals surface area contributed by atoms with E-state index in [2.05, 4.69) is 55.6 Å². The van der Waals surface area contributed by atoms with Crippen molar-refractivity contribution >= 4 is 0 Å². The summed E-state index contributed by atoms with van der Waals surface area (Å²) in [5.41, 5.74) is 6.23. The Morgan fingerprint density at radius 3 is 2.17 bits per heavy atom. The smallest absolute Gasteiger partial charge is 0.127 e. The first-order valence-corrected chi connectivity index (χ1v) is 8.29. The molecule has 0 aromatic heterocycles. The summed E-state index contributed by atoms with van der Waals surface area (Å²) in [4.78, 5) is 0. The third-order valence-corrected chi connectivity index (χ3v) is 3.33. The van der Waals surface area contributed by atoms with Crippen LogP contribution >= 0.6 is 0 Å². The number of para-hydroxylation sites is 1. The fourth-order valence-electron chi connectivity index (χ4n) is 1.98. The summed E-state index contributed by atoms with van der Waals surface area (Å²) < 4.78 is 5.89. The molecule has 0 saturated heterocycles. The molecule has 0 amide bonds. The van der Waals surface area contributed by atoms with Gasteiger partial charge in [0.1, 0.15) is 5.75 Å². The van der Waals surface area contributed by atoms with E-state index in [1.165, 1.54) is 24.0 Å². The van der Waals surface area contributed by atoms with E-state index in [0.29, 0.717) is 0 Å². The summed E-state index contributed by atoms with van der Waals surface area (Å²) >= 11 is 0. The topological polar surface area (TPSA) is 9.23 Å². The standard InChI is InChI=1S/C17H20O.C5H8/c1-2-3-9-14-18-17-13-8-7-12-16(17)15-10-5-4-6-11-15;1-4-5(2)3/h4-8,10-13H,2-3,9,14H2,1H3;1H2,2-3H3. The first-order chi connectivity index (χ1) is 11.2. The van der Waals surface area contributed by atoms with Crippen molar-refractivity contribution in [2.75, 3.05) is 6.61 Å². The predicted molar refractivity (Wildman–Crippen MR) is 101 cm³/mol. The van der Waals surface area contributed by atoms with Gasteiger partial charge in [0, 0.05) is 5.56 Å². The van der Waals surface area contributed by atoms with Gasteiger partial charge in [0.25, 0.3) is 0 Å². The van der Waals surface area contributed by atoms with Crippen LogP contribution in [0.5, 0.6) is 5.75 Å². The molecule has 0 N–H and O–H groups in total. The van der Waals surface area contributed by atoms with Crippen molar-refractivity contribution in [3.63, 3.8) is 0 Å².